The van der Waals surface area contributed by atoms with Crippen molar-refractivity contribution >= 4 is 0 Å². The van der Waals surface area contributed by atoms with Gasteiger partial charge in [-0.25, -0.2) is 8.78 Å². The van der Waals surface area contributed by atoms with E-state index < -0.39 is 11.6 Å². The van der Waals surface area contributed by atoms with E-state index in [0.29, 0.717) is 11.1 Å². The standard InChI is InChI=1S/C22H29F2N/c1-2-3-15-4-6-16(7-5-15)17-8-10-18(11-9-17)21-19(14-25)12-13-20(23)22(21)24/h12-13,15-18H,2-11H2,1H3. The van der Waals surface area contributed by atoms with E-state index in [-0.39, 0.29) is 5.92 Å². The zero-order chi connectivity index (χ0) is 17.8. The number of hydrogen-bond donors (Lipinski definition) is 0. The average molecular weight is 345 g/mol. The molecular formula is C22H29F2N. The molecule has 0 N–H and O–H groups in total. The SMILES string of the molecule is CCCC1CCC(C2CCC(c3c(C#N)ccc(F)c3F)CC2)CC1. The molecule has 0 saturated heterocycles. The maximum atomic E-state index is 14.3. The quantitative estimate of drug-likeness (QED) is 0.594. The zero-order valence-corrected chi connectivity index (χ0v) is 15.2. The van der Waals surface area contributed by atoms with Gasteiger partial charge in [0.15, 0.2) is 11.6 Å². The normalized spacial score (nSPS) is 30.0. The molecule has 0 heterocycles. The fourth-order valence-corrected chi connectivity index (χ4v) is 5.30. The van der Waals surface area contributed by atoms with Crippen LogP contribution in [0.25, 0.3) is 0 Å². The molecule has 0 bridgehead atoms. The molecule has 1 aromatic carbocycles. The van der Waals surface area contributed by atoms with Crippen molar-refractivity contribution < 1.29 is 8.78 Å². The van der Waals surface area contributed by atoms with Gasteiger partial charge in [0.05, 0.1) is 11.6 Å². The van der Waals surface area contributed by atoms with Gasteiger partial charge in [0, 0.05) is 5.56 Å². The molecule has 0 atom stereocenters. The molecule has 0 radical (unpaired) electrons. The van der Waals surface area contributed by atoms with Crippen molar-refractivity contribution in [1.82, 2.24) is 0 Å². The van der Waals surface area contributed by atoms with Gasteiger partial charge in [-0.1, -0.05) is 32.6 Å². The van der Waals surface area contributed by atoms with Crippen molar-refractivity contribution in [2.45, 2.75) is 77.0 Å². The van der Waals surface area contributed by atoms with E-state index in [9.17, 15) is 14.0 Å². The minimum atomic E-state index is -0.828. The largest absolute Gasteiger partial charge is 0.204 e. The molecule has 25 heavy (non-hydrogen) atoms. The van der Waals surface area contributed by atoms with Crippen LogP contribution in [0.1, 0.15) is 88.2 Å². The van der Waals surface area contributed by atoms with Crippen LogP contribution in [-0.2, 0) is 0 Å². The highest BCUT2D eigenvalue weighted by Crippen LogP contribution is 2.45. The first-order valence-electron chi connectivity index (χ1n) is 10.0. The van der Waals surface area contributed by atoms with E-state index in [1.807, 2.05) is 6.07 Å². The summed E-state index contributed by atoms with van der Waals surface area (Å²) in [6.07, 6.45) is 12.0. The first-order chi connectivity index (χ1) is 12.1. The van der Waals surface area contributed by atoms with Crippen LogP contribution in [0.4, 0.5) is 8.78 Å². The van der Waals surface area contributed by atoms with Gasteiger partial charge in [0.1, 0.15) is 0 Å². The monoisotopic (exact) mass is 345 g/mol. The van der Waals surface area contributed by atoms with Gasteiger partial charge < -0.3 is 0 Å². The van der Waals surface area contributed by atoms with Crippen molar-refractivity contribution in [2.75, 3.05) is 0 Å². The summed E-state index contributed by atoms with van der Waals surface area (Å²) in [5.74, 6) is 0.853. The third kappa shape index (κ3) is 4.05. The Kier molecular flexibility index (Phi) is 6.10. The fourth-order valence-electron chi connectivity index (χ4n) is 5.30. The maximum Gasteiger partial charge on any atom is 0.163 e. The Labute approximate surface area is 150 Å². The van der Waals surface area contributed by atoms with E-state index in [1.165, 1.54) is 44.6 Å². The molecule has 2 fully saturated rings. The Balaban J connectivity index is 1.60. The number of hydrogen-bond acceptors (Lipinski definition) is 1. The van der Waals surface area contributed by atoms with Crippen LogP contribution in [0.15, 0.2) is 12.1 Å². The minimum absolute atomic E-state index is 0.00182. The number of nitriles is 1. The molecule has 0 unspecified atom stereocenters. The molecule has 2 aliphatic carbocycles. The van der Waals surface area contributed by atoms with E-state index in [4.69, 9.17) is 0 Å². The Bertz CT molecular complexity index is 618. The van der Waals surface area contributed by atoms with Crippen LogP contribution < -0.4 is 0 Å². The van der Waals surface area contributed by atoms with E-state index in [0.717, 1.165) is 49.5 Å². The van der Waals surface area contributed by atoms with E-state index >= 15 is 0 Å². The van der Waals surface area contributed by atoms with Crippen LogP contribution in [0.3, 0.4) is 0 Å². The van der Waals surface area contributed by atoms with Crippen LogP contribution in [0.2, 0.25) is 0 Å². The number of rotatable bonds is 4. The summed E-state index contributed by atoms with van der Waals surface area (Å²) in [6.45, 7) is 2.27. The lowest BCUT2D eigenvalue weighted by Crippen LogP contribution is -2.26. The van der Waals surface area contributed by atoms with Gasteiger partial charge in [-0.2, -0.15) is 5.26 Å². The third-order valence-electron chi connectivity index (χ3n) is 6.69. The summed E-state index contributed by atoms with van der Waals surface area (Å²) in [7, 11) is 0. The summed E-state index contributed by atoms with van der Waals surface area (Å²) >= 11 is 0. The number of nitrogens with zero attached hydrogens (tertiary/aromatic N) is 1. The Hall–Kier alpha value is -1.43. The Morgan fingerprint density at radius 3 is 2.12 bits per heavy atom. The highest BCUT2D eigenvalue weighted by molar-refractivity contribution is 5.41. The first-order valence-corrected chi connectivity index (χ1v) is 10.0. The van der Waals surface area contributed by atoms with Crippen LogP contribution >= 0.6 is 0 Å². The summed E-state index contributed by atoms with van der Waals surface area (Å²) in [6, 6.07) is 4.54. The van der Waals surface area contributed by atoms with Crippen LogP contribution in [0.5, 0.6) is 0 Å². The smallest absolute Gasteiger partial charge is 0.163 e. The summed E-state index contributed by atoms with van der Waals surface area (Å²) in [5, 5.41) is 9.25. The lowest BCUT2D eigenvalue weighted by molar-refractivity contribution is 0.156. The summed E-state index contributed by atoms with van der Waals surface area (Å²) < 4.78 is 27.9. The molecule has 0 spiro atoms. The summed E-state index contributed by atoms with van der Waals surface area (Å²) in [5.41, 5.74) is 0.634. The highest BCUT2D eigenvalue weighted by Gasteiger charge is 2.33. The van der Waals surface area contributed by atoms with Gasteiger partial charge >= 0.3 is 0 Å². The van der Waals surface area contributed by atoms with Crippen LogP contribution in [0, 0.1) is 40.7 Å². The zero-order valence-electron chi connectivity index (χ0n) is 15.2. The molecule has 3 heteroatoms. The van der Waals surface area contributed by atoms with Crippen molar-refractivity contribution in [3.05, 3.63) is 34.9 Å². The first kappa shape index (κ1) is 18.4. The topological polar surface area (TPSA) is 23.8 Å². The molecule has 2 aliphatic rings. The minimum Gasteiger partial charge on any atom is -0.204 e. The van der Waals surface area contributed by atoms with Gasteiger partial charge in [-0.15, -0.1) is 0 Å². The van der Waals surface area contributed by atoms with Crippen LogP contribution in [-0.4, -0.2) is 0 Å². The predicted molar refractivity (Wildman–Crippen MR) is 96.1 cm³/mol. The van der Waals surface area contributed by atoms with Gasteiger partial charge in [-0.05, 0) is 74.3 Å². The van der Waals surface area contributed by atoms with Crippen molar-refractivity contribution in [1.29, 1.82) is 5.26 Å². The lowest BCUT2D eigenvalue weighted by Gasteiger charge is -2.38. The number of benzene rings is 1. The van der Waals surface area contributed by atoms with Gasteiger partial charge in [0.25, 0.3) is 0 Å². The molecule has 3 rings (SSSR count). The second kappa shape index (κ2) is 8.30. The maximum absolute atomic E-state index is 14.3. The van der Waals surface area contributed by atoms with E-state index in [2.05, 4.69) is 6.92 Å². The third-order valence-corrected chi connectivity index (χ3v) is 6.69. The number of halogens is 2. The lowest BCUT2D eigenvalue weighted by atomic mass is 9.67. The molecule has 136 valence electrons. The molecule has 1 aromatic rings. The predicted octanol–water partition coefficient (Wildman–Crippen LogP) is 6.72. The average Bonchev–Trinajstić information content (AvgIpc) is 2.65. The summed E-state index contributed by atoms with van der Waals surface area (Å²) in [4.78, 5) is 0. The molecule has 0 aliphatic heterocycles. The fraction of sp³-hybridized carbons (Fsp3) is 0.682. The van der Waals surface area contributed by atoms with E-state index in [1.54, 1.807) is 0 Å². The van der Waals surface area contributed by atoms with Crippen molar-refractivity contribution in [2.24, 2.45) is 17.8 Å². The van der Waals surface area contributed by atoms with Gasteiger partial charge in [-0.3, -0.25) is 0 Å². The van der Waals surface area contributed by atoms with Crippen molar-refractivity contribution in [3.8, 4) is 6.07 Å². The molecule has 1 nitrogen and oxygen atoms in total. The molecule has 0 amide bonds. The second-order valence-corrected chi connectivity index (χ2v) is 8.12. The van der Waals surface area contributed by atoms with Gasteiger partial charge in [0.2, 0.25) is 0 Å². The molecular weight excluding hydrogens is 316 g/mol. The molecule has 0 aromatic heterocycles. The molecule has 2 saturated carbocycles. The second-order valence-electron chi connectivity index (χ2n) is 8.12. The Morgan fingerprint density at radius 2 is 1.56 bits per heavy atom. The van der Waals surface area contributed by atoms with Crippen molar-refractivity contribution in [3.63, 3.8) is 0 Å². The highest BCUT2D eigenvalue weighted by atomic mass is 19.2. The Morgan fingerprint density at radius 1 is 0.960 bits per heavy atom.